The molecule has 1 aromatic rings. The Labute approximate surface area is 105 Å². The van der Waals surface area contributed by atoms with Gasteiger partial charge in [0.2, 0.25) is 0 Å². The molecule has 0 bridgehead atoms. The van der Waals surface area contributed by atoms with Crippen molar-refractivity contribution < 1.29 is 4.74 Å². The van der Waals surface area contributed by atoms with Gasteiger partial charge in [-0.15, -0.1) is 0 Å². The molecule has 0 atom stereocenters. The normalized spacial score (nSPS) is 17.4. The van der Waals surface area contributed by atoms with Gasteiger partial charge in [0.05, 0.1) is 0 Å². The van der Waals surface area contributed by atoms with Crippen LogP contribution < -0.4 is 9.20 Å². The van der Waals surface area contributed by atoms with E-state index in [-0.39, 0.29) is 0 Å². The van der Waals surface area contributed by atoms with Crippen LogP contribution in [0, 0.1) is 20.8 Å². The van der Waals surface area contributed by atoms with Crippen LogP contribution in [0.5, 0.6) is 5.75 Å². The van der Waals surface area contributed by atoms with Crippen molar-refractivity contribution in [3.8, 4) is 5.75 Å². The third-order valence-electron chi connectivity index (χ3n) is 3.50. The van der Waals surface area contributed by atoms with Gasteiger partial charge in [0.25, 0.3) is 0 Å². The Bertz CT molecular complexity index is 447. The van der Waals surface area contributed by atoms with Crippen LogP contribution in [0.4, 0.5) is 0 Å². The zero-order chi connectivity index (χ0) is 12.1. The van der Waals surface area contributed by atoms with Gasteiger partial charge in [-0.25, -0.2) is 0 Å². The summed E-state index contributed by atoms with van der Waals surface area (Å²) in [6.07, 6.45) is 1.21. The predicted molar refractivity (Wildman–Crippen MR) is 70.3 cm³/mol. The fraction of sp³-hybridized carbons (Fsp3) is 0.571. The average Bonchev–Trinajstić information content (AvgIpc) is 2.52. The quantitative estimate of drug-likeness (QED) is 0.720. The minimum absolute atomic E-state index is 0.476. The van der Waals surface area contributed by atoms with Crippen molar-refractivity contribution in [3.63, 3.8) is 0 Å². The van der Waals surface area contributed by atoms with Crippen LogP contribution in [-0.4, -0.2) is 22.1 Å². The molecule has 0 saturated carbocycles. The zero-order valence-electron chi connectivity index (χ0n) is 11.0. The number of rotatable bonds is 1. The van der Waals surface area contributed by atoms with E-state index in [1.807, 2.05) is 0 Å². The van der Waals surface area contributed by atoms with Gasteiger partial charge in [-0.2, -0.15) is 0 Å². The number of hydrogen-bond acceptors (Lipinski definition) is 1. The van der Waals surface area contributed by atoms with Crippen LogP contribution in [0.25, 0.3) is 0 Å². The molecule has 0 saturated heterocycles. The van der Waals surface area contributed by atoms with E-state index in [9.17, 15) is 0 Å². The number of ether oxygens (including phenoxy) is 1. The van der Waals surface area contributed by atoms with Crippen LogP contribution in [-0.2, 0) is 6.42 Å². The van der Waals surface area contributed by atoms with E-state index in [2.05, 4.69) is 34.6 Å². The van der Waals surface area contributed by atoms with Gasteiger partial charge in [-0.3, -0.25) is 0 Å². The Morgan fingerprint density at radius 3 is 2.25 bits per heavy atom. The molecule has 0 spiro atoms. The van der Waals surface area contributed by atoms with Crippen LogP contribution in [0.15, 0.2) is 0 Å². The van der Waals surface area contributed by atoms with Crippen LogP contribution >= 0.6 is 0 Å². The maximum absolute atomic E-state index is 5.56. The molecule has 0 aromatic heterocycles. The molecule has 1 nitrogen and oxygen atoms in total. The summed E-state index contributed by atoms with van der Waals surface area (Å²) in [6, 6.07) is 0. The van der Waals surface area contributed by atoms with E-state index in [0.717, 1.165) is 5.75 Å². The summed E-state index contributed by atoms with van der Waals surface area (Å²) in [7, 11) is 1.78. The van der Waals surface area contributed by atoms with Crippen LogP contribution in [0.1, 0.15) is 36.1 Å². The Morgan fingerprint density at radius 1 is 1.06 bits per heavy atom. The second kappa shape index (κ2) is 3.78. The average molecular weight is 283 g/mol. The molecule has 2 rings (SSSR count). The van der Waals surface area contributed by atoms with Gasteiger partial charge in [0, 0.05) is 0 Å². The van der Waals surface area contributed by atoms with E-state index in [0.29, 0.717) is 19.3 Å². The fourth-order valence-electron chi connectivity index (χ4n) is 2.55. The van der Waals surface area contributed by atoms with E-state index in [1.165, 1.54) is 23.1 Å². The number of fused-ring (bicyclic) bond motifs is 1. The van der Waals surface area contributed by atoms with Gasteiger partial charge < -0.3 is 0 Å². The fourth-order valence-corrected chi connectivity index (χ4v) is 5.54. The Hall–Kier alpha value is -0.461. The summed E-state index contributed by atoms with van der Waals surface area (Å²) in [5.41, 5.74) is 5.72. The molecule has 16 heavy (non-hydrogen) atoms. The Kier molecular flexibility index (Phi) is 2.84. The first-order chi connectivity index (χ1) is 7.37. The summed E-state index contributed by atoms with van der Waals surface area (Å²) in [5.74, 6) is 1.10. The maximum atomic E-state index is 5.56. The van der Waals surface area contributed by atoms with Gasteiger partial charge in [0.15, 0.2) is 0 Å². The number of hydrogen-bond donors (Lipinski definition) is 0. The second-order valence-corrected chi connectivity index (χ2v) is 8.86. The third kappa shape index (κ3) is 1.69. The molecule has 88 valence electrons. The van der Waals surface area contributed by atoms with Crippen molar-refractivity contribution >= 4 is 19.4 Å². The molecular weight excluding hydrogens is 263 g/mol. The van der Waals surface area contributed by atoms with Crippen molar-refractivity contribution in [1.29, 1.82) is 0 Å². The monoisotopic (exact) mass is 284 g/mol. The minimum atomic E-state index is 0.476. The zero-order valence-corrected chi connectivity index (χ0v) is 12.7. The van der Waals surface area contributed by atoms with Crippen LogP contribution in [0.2, 0.25) is 4.31 Å². The van der Waals surface area contributed by atoms with Gasteiger partial charge in [-0.1, -0.05) is 0 Å². The molecule has 0 unspecified atom stereocenters. The summed E-state index contributed by atoms with van der Waals surface area (Å²) in [4.78, 5) is 0. The van der Waals surface area contributed by atoms with Gasteiger partial charge >= 0.3 is 105 Å². The SMILES string of the molecule is COc1c(C)c(C)c2c(c1C)CC(C)(C)[Se]2. The molecule has 0 N–H and O–H groups in total. The molecule has 1 aromatic carbocycles. The summed E-state index contributed by atoms with van der Waals surface area (Å²) < 4.78 is 7.67. The molecule has 0 amide bonds. The number of benzene rings is 1. The molecule has 2 heteroatoms. The summed E-state index contributed by atoms with van der Waals surface area (Å²) in [6.45, 7) is 11.4. The molecular formula is C14H20OSe. The van der Waals surface area contributed by atoms with Crippen LogP contribution in [0.3, 0.4) is 0 Å². The predicted octanol–water partition coefficient (Wildman–Crippen LogP) is 2.70. The first-order valence-corrected chi connectivity index (χ1v) is 7.44. The van der Waals surface area contributed by atoms with E-state index in [1.54, 1.807) is 17.1 Å². The third-order valence-corrected chi connectivity index (χ3v) is 6.55. The van der Waals surface area contributed by atoms with Crippen molar-refractivity contribution in [2.45, 2.75) is 45.4 Å². The van der Waals surface area contributed by atoms with Gasteiger partial charge in [-0.05, 0) is 0 Å². The second-order valence-electron chi connectivity index (χ2n) is 5.25. The molecule has 1 heterocycles. The standard InChI is InChI=1S/C14H20OSe/c1-8-9(2)13-11(7-14(4,5)16-13)10(3)12(8)15-6/h7H2,1-6H3. The Morgan fingerprint density at radius 2 is 1.69 bits per heavy atom. The van der Waals surface area contributed by atoms with Crippen molar-refractivity contribution in [2.75, 3.05) is 7.11 Å². The molecule has 1 aliphatic heterocycles. The van der Waals surface area contributed by atoms with E-state index in [4.69, 9.17) is 4.74 Å². The summed E-state index contributed by atoms with van der Waals surface area (Å²) >= 11 is 0.605. The van der Waals surface area contributed by atoms with Gasteiger partial charge in [0.1, 0.15) is 0 Å². The molecule has 1 aliphatic rings. The topological polar surface area (TPSA) is 9.23 Å². The Balaban J connectivity index is 2.68. The van der Waals surface area contributed by atoms with Crippen molar-refractivity contribution in [3.05, 3.63) is 22.3 Å². The molecule has 0 radical (unpaired) electrons. The first-order valence-electron chi connectivity index (χ1n) is 5.73. The van der Waals surface area contributed by atoms with Crippen molar-refractivity contribution in [2.24, 2.45) is 0 Å². The summed E-state index contributed by atoms with van der Waals surface area (Å²) in [5, 5.41) is 0. The molecule has 0 fully saturated rings. The number of methoxy groups -OCH3 is 1. The molecule has 0 aliphatic carbocycles. The first kappa shape index (κ1) is 12.0. The van der Waals surface area contributed by atoms with E-state index < -0.39 is 0 Å². The van der Waals surface area contributed by atoms with E-state index >= 15 is 0 Å². The van der Waals surface area contributed by atoms with Crippen molar-refractivity contribution in [1.82, 2.24) is 0 Å².